The third kappa shape index (κ3) is 3.98. The van der Waals surface area contributed by atoms with Crippen LogP contribution in [0.15, 0.2) is 82.7 Å². The van der Waals surface area contributed by atoms with Gasteiger partial charge in [0, 0.05) is 5.56 Å². The van der Waals surface area contributed by atoms with E-state index < -0.39 is 5.82 Å². The summed E-state index contributed by atoms with van der Waals surface area (Å²) in [6.07, 6.45) is 0. The van der Waals surface area contributed by atoms with E-state index in [1.165, 1.54) is 22.8 Å². The molecule has 0 spiro atoms. The van der Waals surface area contributed by atoms with Crippen LogP contribution in [0.1, 0.15) is 15.9 Å². The fourth-order valence-electron chi connectivity index (χ4n) is 3.01. The van der Waals surface area contributed by atoms with E-state index in [0.717, 1.165) is 17.3 Å². The fourth-order valence-corrected chi connectivity index (χ4v) is 3.91. The Bertz CT molecular complexity index is 1270. The highest BCUT2D eigenvalue weighted by atomic mass is 32.2. The summed E-state index contributed by atoms with van der Waals surface area (Å²) in [7, 11) is 0. The Balaban J connectivity index is 1.76. The van der Waals surface area contributed by atoms with Crippen LogP contribution in [-0.2, 0) is 0 Å². The zero-order valence-electron chi connectivity index (χ0n) is 15.6. The van der Waals surface area contributed by atoms with E-state index in [1.54, 1.807) is 24.3 Å². The monoisotopic (exact) mass is 404 g/mol. The largest absolute Gasteiger partial charge is 0.293 e. The van der Waals surface area contributed by atoms with Crippen LogP contribution in [0.4, 0.5) is 4.39 Å². The maximum absolute atomic E-state index is 13.4. The van der Waals surface area contributed by atoms with Crippen LogP contribution in [-0.4, -0.2) is 21.1 Å². The summed E-state index contributed by atoms with van der Waals surface area (Å²) in [5.74, 6) is -0.645. The van der Waals surface area contributed by atoms with Crippen molar-refractivity contribution in [3.8, 4) is 5.69 Å². The average Bonchev–Trinajstić information content (AvgIpc) is 2.73. The van der Waals surface area contributed by atoms with Crippen molar-refractivity contribution >= 4 is 28.4 Å². The normalized spacial score (nSPS) is 11.0. The maximum atomic E-state index is 13.4. The molecule has 0 fully saturated rings. The van der Waals surface area contributed by atoms with Gasteiger partial charge in [0.05, 0.1) is 22.3 Å². The second-order valence-electron chi connectivity index (χ2n) is 6.61. The highest BCUT2D eigenvalue weighted by Crippen LogP contribution is 2.22. The number of para-hydroxylation sites is 1. The van der Waals surface area contributed by atoms with E-state index in [4.69, 9.17) is 0 Å². The number of aryl methyl sites for hydroxylation is 1. The lowest BCUT2D eigenvalue weighted by Gasteiger charge is -2.13. The summed E-state index contributed by atoms with van der Waals surface area (Å²) in [5, 5.41) is 0.927. The van der Waals surface area contributed by atoms with Crippen molar-refractivity contribution in [2.24, 2.45) is 0 Å². The third-order valence-corrected chi connectivity index (χ3v) is 5.45. The van der Waals surface area contributed by atoms with Crippen molar-refractivity contribution in [1.82, 2.24) is 9.55 Å². The number of nitrogens with zero attached hydrogens (tertiary/aromatic N) is 2. The average molecular weight is 404 g/mol. The number of halogens is 1. The van der Waals surface area contributed by atoms with Crippen molar-refractivity contribution in [2.45, 2.75) is 12.1 Å². The number of hydrogen-bond donors (Lipinski definition) is 0. The molecule has 0 radical (unpaired) electrons. The number of Topliss-reactive ketones (excluding diaryl/α,β-unsaturated/α-hetero) is 1. The van der Waals surface area contributed by atoms with Gasteiger partial charge in [-0.25, -0.2) is 9.37 Å². The van der Waals surface area contributed by atoms with Gasteiger partial charge in [-0.1, -0.05) is 53.7 Å². The fraction of sp³-hybridized carbons (Fsp3) is 0.0870. The predicted octanol–water partition coefficient (Wildman–Crippen LogP) is 4.81. The summed E-state index contributed by atoms with van der Waals surface area (Å²) in [6, 6.07) is 20.3. The first kappa shape index (κ1) is 19.1. The van der Waals surface area contributed by atoms with Crippen LogP contribution < -0.4 is 5.56 Å². The second-order valence-corrected chi connectivity index (χ2v) is 7.55. The Kier molecular flexibility index (Phi) is 5.27. The maximum Gasteiger partial charge on any atom is 0.266 e. The number of carbonyl (C=O) groups is 1. The van der Waals surface area contributed by atoms with E-state index in [9.17, 15) is 14.0 Å². The molecule has 144 valence electrons. The molecule has 1 aromatic heterocycles. The van der Waals surface area contributed by atoms with Crippen LogP contribution in [0, 0.1) is 12.7 Å². The molecule has 0 aliphatic rings. The molecule has 3 aromatic carbocycles. The van der Waals surface area contributed by atoms with E-state index >= 15 is 0 Å². The summed E-state index contributed by atoms with van der Waals surface area (Å²) in [4.78, 5) is 30.3. The van der Waals surface area contributed by atoms with Gasteiger partial charge in [-0.15, -0.1) is 0 Å². The molecule has 0 aliphatic heterocycles. The SMILES string of the molecule is Cc1ccc(-n2c(SCC(=O)c3cccc(F)c3)nc3ccccc3c2=O)cc1. The summed E-state index contributed by atoms with van der Waals surface area (Å²) >= 11 is 1.16. The number of fused-ring (bicyclic) bond motifs is 1. The number of hydrogen-bond acceptors (Lipinski definition) is 4. The minimum Gasteiger partial charge on any atom is -0.293 e. The molecular weight excluding hydrogens is 387 g/mol. The molecule has 0 bridgehead atoms. The first-order chi connectivity index (χ1) is 14.0. The summed E-state index contributed by atoms with van der Waals surface area (Å²) in [6.45, 7) is 1.97. The Hall–Kier alpha value is -3.25. The summed E-state index contributed by atoms with van der Waals surface area (Å²) in [5.41, 5.74) is 2.43. The molecule has 0 atom stereocenters. The van der Waals surface area contributed by atoms with Crippen molar-refractivity contribution in [3.05, 3.63) is 100 Å². The van der Waals surface area contributed by atoms with Gasteiger partial charge in [-0.2, -0.15) is 0 Å². The third-order valence-electron chi connectivity index (χ3n) is 4.52. The molecule has 29 heavy (non-hydrogen) atoms. The smallest absolute Gasteiger partial charge is 0.266 e. The standard InChI is InChI=1S/C23H17FN2O2S/c1-15-9-11-18(12-10-15)26-22(28)19-7-2-3-8-20(19)25-23(26)29-14-21(27)16-5-4-6-17(24)13-16/h2-13H,14H2,1H3. The molecule has 0 saturated carbocycles. The number of thioether (sulfide) groups is 1. The highest BCUT2D eigenvalue weighted by Gasteiger charge is 2.15. The van der Waals surface area contributed by atoms with E-state index in [2.05, 4.69) is 4.98 Å². The van der Waals surface area contributed by atoms with Gasteiger partial charge in [0.25, 0.3) is 5.56 Å². The minimum atomic E-state index is -0.457. The van der Waals surface area contributed by atoms with Crippen LogP contribution in [0.2, 0.25) is 0 Å². The van der Waals surface area contributed by atoms with Gasteiger partial charge in [0.15, 0.2) is 10.9 Å². The van der Waals surface area contributed by atoms with Gasteiger partial charge >= 0.3 is 0 Å². The Morgan fingerprint density at radius 3 is 2.55 bits per heavy atom. The molecule has 4 aromatic rings. The first-order valence-corrected chi connectivity index (χ1v) is 10.0. The quantitative estimate of drug-likeness (QED) is 0.272. The Labute approximate surface area is 171 Å². The molecule has 0 unspecified atom stereocenters. The zero-order valence-corrected chi connectivity index (χ0v) is 16.4. The number of rotatable bonds is 5. The predicted molar refractivity (Wildman–Crippen MR) is 114 cm³/mol. The number of carbonyl (C=O) groups excluding carboxylic acids is 1. The topological polar surface area (TPSA) is 52.0 Å². The van der Waals surface area contributed by atoms with Crippen molar-refractivity contribution in [1.29, 1.82) is 0 Å². The molecule has 0 aliphatic carbocycles. The molecular formula is C23H17FN2O2S. The molecule has 4 nitrogen and oxygen atoms in total. The van der Waals surface area contributed by atoms with Crippen LogP contribution in [0.3, 0.4) is 0 Å². The Morgan fingerprint density at radius 1 is 1.03 bits per heavy atom. The van der Waals surface area contributed by atoms with Crippen LogP contribution >= 0.6 is 11.8 Å². The first-order valence-electron chi connectivity index (χ1n) is 9.03. The number of aromatic nitrogens is 2. The number of ketones is 1. The van der Waals surface area contributed by atoms with Crippen LogP contribution in [0.5, 0.6) is 0 Å². The lowest BCUT2D eigenvalue weighted by Crippen LogP contribution is -2.22. The molecule has 1 heterocycles. The Morgan fingerprint density at radius 2 is 1.79 bits per heavy atom. The second kappa shape index (κ2) is 8.01. The van der Waals surface area contributed by atoms with E-state index in [-0.39, 0.29) is 17.1 Å². The van der Waals surface area contributed by atoms with E-state index in [0.29, 0.717) is 27.3 Å². The lowest BCUT2D eigenvalue weighted by atomic mass is 10.1. The minimum absolute atomic E-state index is 0.0418. The van der Waals surface area contributed by atoms with Crippen molar-refractivity contribution in [3.63, 3.8) is 0 Å². The molecule has 0 N–H and O–H groups in total. The van der Waals surface area contributed by atoms with E-state index in [1.807, 2.05) is 37.3 Å². The molecule has 0 saturated heterocycles. The van der Waals surface area contributed by atoms with Gasteiger partial charge < -0.3 is 0 Å². The van der Waals surface area contributed by atoms with Gasteiger partial charge in [0.2, 0.25) is 0 Å². The lowest BCUT2D eigenvalue weighted by molar-refractivity contribution is 0.102. The van der Waals surface area contributed by atoms with Gasteiger partial charge in [-0.05, 0) is 43.3 Å². The van der Waals surface area contributed by atoms with Crippen LogP contribution in [0.25, 0.3) is 16.6 Å². The molecule has 0 amide bonds. The zero-order chi connectivity index (χ0) is 20.4. The highest BCUT2D eigenvalue weighted by molar-refractivity contribution is 7.99. The number of benzene rings is 3. The molecule has 4 rings (SSSR count). The summed E-state index contributed by atoms with van der Waals surface area (Å²) < 4.78 is 14.9. The van der Waals surface area contributed by atoms with Gasteiger partial charge in [0.1, 0.15) is 5.82 Å². The van der Waals surface area contributed by atoms with Gasteiger partial charge in [-0.3, -0.25) is 14.2 Å². The molecule has 6 heteroatoms. The van der Waals surface area contributed by atoms with Crippen molar-refractivity contribution in [2.75, 3.05) is 5.75 Å². The van der Waals surface area contributed by atoms with Crippen molar-refractivity contribution < 1.29 is 9.18 Å².